The van der Waals surface area contributed by atoms with Gasteiger partial charge in [0.1, 0.15) is 11.6 Å². The second-order valence-corrected chi connectivity index (χ2v) is 6.52. The first-order valence-electron chi connectivity index (χ1n) is 7.76. The third-order valence-electron chi connectivity index (χ3n) is 3.33. The van der Waals surface area contributed by atoms with Crippen LogP contribution in [-0.2, 0) is 14.3 Å². The Balaban J connectivity index is 2.15. The molecule has 0 aromatic rings. The molecular formula is C15H29N3O3. The Kier molecular flexibility index (Phi) is 7.11. The fraction of sp³-hybridized carbons (Fsp3) is 0.867. The third-order valence-corrected chi connectivity index (χ3v) is 3.33. The summed E-state index contributed by atoms with van der Waals surface area (Å²) in [5.74, 6) is -0.168. The Hall–Kier alpha value is -1.14. The lowest BCUT2D eigenvalue weighted by molar-refractivity contribution is -0.156. The van der Waals surface area contributed by atoms with Gasteiger partial charge in [0.05, 0.1) is 0 Å². The number of nitrogens with one attached hydrogen (secondary N) is 1. The Morgan fingerprint density at radius 1 is 1.24 bits per heavy atom. The normalized spacial score (nSPS) is 17.4. The van der Waals surface area contributed by atoms with Crippen LogP contribution in [0.1, 0.15) is 46.5 Å². The van der Waals surface area contributed by atoms with Crippen LogP contribution in [0.15, 0.2) is 0 Å². The van der Waals surface area contributed by atoms with E-state index in [4.69, 9.17) is 10.5 Å². The molecule has 0 saturated carbocycles. The van der Waals surface area contributed by atoms with E-state index < -0.39 is 11.6 Å². The molecule has 122 valence electrons. The number of hydrogen-bond acceptors (Lipinski definition) is 5. The van der Waals surface area contributed by atoms with Gasteiger partial charge in [-0.2, -0.15) is 0 Å². The molecule has 1 unspecified atom stereocenters. The summed E-state index contributed by atoms with van der Waals surface area (Å²) in [7, 11) is 0. The average Bonchev–Trinajstić information content (AvgIpc) is 2.42. The van der Waals surface area contributed by atoms with Crippen molar-refractivity contribution in [1.82, 2.24) is 10.2 Å². The molecule has 0 radical (unpaired) electrons. The van der Waals surface area contributed by atoms with Gasteiger partial charge >= 0.3 is 5.97 Å². The fourth-order valence-corrected chi connectivity index (χ4v) is 2.21. The van der Waals surface area contributed by atoms with Crippen LogP contribution in [0, 0.1) is 0 Å². The van der Waals surface area contributed by atoms with Crippen LogP contribution in [-0.4, -0.2) is 54.6 Å². The summed E-state index contributed by atoms with van der Waals surface area (Å²) in [4.78, 5) is 25.5. The number of amides is 1. The van der Waals surface area contributed by atoms with E-state index in [1.165, 1.54) is 0 Å². The molecule has 1 aliphatic rings. The van der Waals surface area contributed by atoms with Crippen LogP contribution in [0.3, 0.4) is 0 Å². The molecule has 21 heavy (non-hydrogen) atoms. The van der Waals surface area contributed by atoms with E-state index >= 15 is 0 Å². The lowest BCUT2D eigenvalue weighted by Crippen LogP contribution is -2.46. The highest BCUT2D eigenvalue weighted by atomic mass is 16.6. The molecule has 1 heterocycles. The van der Waals surface area contributed by atoms with Crippen LogP contribution < -0.4 is 11.1 Å². The standard InChI is InChI=1S/C15H29N3O3/c1-15(2,3)21-14(20)12(16)6-4-5-7-13(19)18-10-8-17-9-11-18/h12,17H,4-11,16H2,1-3H3. The second-order valence-electron chi connectivity index (χ2n) is 6.52. The average molecular weight is 299 g/mol. The number of rotatable bonds is 6. The summed E-state index contributed by atoms with van der Waals surface area (Å²) in [5, 5.41) is 3.22. The Labute approximate surface area is 127 Å². The zero-order valence-electron chi connectivity index (χ0n) is 13.5. The fourth-order valence-electron chi connectivity index (χ4n) is 2.21. The van der Waals surface area contributed by atoms with Crippen molar-refractivity contribution in [3.05, 3.63) is 0 Å². The van der Waals surface area contributed by atoms with Gasteiger partial charge in [0.2, 0.25) is 5.91 Å². The second kappa shape index (κ2) is 8.34. The highest BCUT2D eigenvalue weighted by Crippen LogP contribution is 2.11. The maximum atomic E-state index is 11.9. The predicted octanol–water partition coefficient (Wildman–Crippen LogP) is 0.648. The minimum atomic E-state index is -0.599. The van der Waals surface area contributed by atoms with Crippen LogP contribution >= 0.6 is 0 Å². The predicted molar refractivity (Wildman–Crippen MR) is 81.7 cm³/mol. The molecule has 6 heteroatoms. The lowest BCUT2D eigenvalue weighted by atomic mass is 10.1. The van der Waals surface area contributed by atoms with Crippen molar-refractivity contribution in [2.45, 2.75) is 58.1 Å². The van der Waals surface area contributed by atoms with Gasteiger partial charge in [0.25, 0.3) is 0 Å². The highest BCUT2D eigenvalue weighted by molar-refractivity contribution is 5.76. The maximum absolute atomic E-state index is 11.9. The number of carbonyl (C=O) groups excluding carboxylic acids is 2. The van der Waals surface area contributed by atoms with Crippen molar-refractivity contribution in [3.8, 4) is 0 Å². The van der Waals surface area contributed by atoms with Gasteiger partial charge < -0.3 is 20.7 Å². The van der Waals surface area contributed by atoms with Gasteiger partial charge in [-0.1, -0.05) is 6.42 Å². The van der Waals surface area contributed by atoms with Crippen LogP contribution in [0.5, 0.6) is 0 Å². The van der Waals surface area contributed by atoms with Gasteiger partial charge in [-0.3, -0.25) is 9.59 Å². The molecule has 1 aliphatic heterocycles. The number of piperazine rings is 1. The van der Waals surface area contributed by atoms with E-state index in [1.807, 2.05) is 25.7 Å². The van der Waals surface area contributed by atoms with Crippen molar-refractivity contribution < 1.29 is 14.3 Å². The van der Waals surface area contributed by atoms with Gasteiger partial charge in [0.15, 0.2) is 0 Å². The molecule has 0 aromatic carbocycles. The van der Waals surface area contributed by atoms with Crippen molar-refractivity contribution in [3.63, 3.8) is 0 Å². The van der Waals surface area contributed by atoms with E-state index in [0.29, 0.717) is 12.8 Å². The number of hydrogen-bond donors (Lipinski definition) is 2. The van der Waals surface area contributed by atoms with Crippen molar-refractivity contribution >= 4 is 11.9 Å². The Morgan fingerprint density at radius 3 is 2.43 bits per heavy atom. The van der Waals surface area contributed by atoms with Crippen molar-refractivity contribution in [2.75, 3.05) is 26.2 Å². The van der Waals surface area contributed by atoms with E-state index in [0.717, 1.165) is 39.0 Å². The van der Waals surface area contributed by atoms with E-state index in [-0.39, 0.29) is 11.9 Å². The van der Waals surface area contributed by atoms with Gasteiger partial charge in [-0.05, 0) is 33.6 Å². The molecule has 1 amide bonds. The summed E-state index contributed by atoms with van der Waals surface area (Å²) in [5.41, 5.74) is 5.30. The molecule has 1 atom stereocenters. The lowest BCUT2D eigenvalue weighted by Gasteiger charge is -2.27. The molecule has 3 N–H and O–H groups in total. The summed E-state index contributed by atoms with van der Waals surface area (Å²) >= 11 is 0. The molecule has 1 saturated heterocycles. The van der Waals surface area contributed by atoms with Gasteiger partial charge in [-0.25, -0.2) is 0 Å². The summed E-state index contributed by atoms with van der Waals surface area (Å²) < 4.78 is 5.23. The summed E-state index contributed by atoms with van der Waals surface area (Å²) in [6.45, 7) is 8.79. The molecule has 0 spiro atoms. The SMILES string of the molecule is CC(C)(C)OC(=O)C(N)CCCCC(=O)N1CCNCC1. The number of carbonyl (C=O) groups is 2. The summed E-state index contributed by atoms with van der Waals surface area (Å²) in [6, 6.07) is -0.599. The molecule has 6 nitrogen and oxygen atoms in total. The van der Waals surface area contributed by atoms with Gasteiger partial charge in [-0.15, -0.1) is 0 Å². The van der Waals surface area contributed by atoms with E-state index in [1.54, 1.807) is 0 Å². The van der Waals surface area contributed by atoms with E-state index in [2.05, 4.69) is 5.32 Å². The summed E-state index contributed by atoms with van der Waals surface area (Å²) in [6.07, 6.45) is 2.61. The smallest absolute Gasteiger partial charge is 0.323 e. The molecule has 0 aromatic heterocycles. The first-order valence-corrected chi connectivity index (χ1v) is 7.76. The minimum absolute atomic E-state index is 0.197. The van der Waals surface area contributed by atoms with Gasteiger partial charge in [0, 0.05) is 32.6 Å². The zero-order chi connectivity index (χ0) is 15.9. The largest absolute Gasteiger partial charge is 0.459 e. The number of unbranched alkanes of at least 4 members (excludes halogenated alkanes) is 1. The van der Waals surface area contributed by atoms with Crippen LogP contribution in [0.2, 0.25) is 0 Å². The maximum Gasteiger partial charge on any atom is 0.323 e. The molecule has 1 fully saturated rings. The minimum Gasteiger partial charge on any atom is -0.459 e. The van der Waals surface area contributed by atoms with Crippen LogP contribution in [0.4, 0.5) is 0 Å². The Morgan fingerprint density at radius 2 is 1.86 bits per heavy atom. The number of esters is 1. The monoisotopic (exact) mass is 299 g/mol. The third kappa shape index (κ3) is 7.43. The molecule has 0 bridgehead atoms. The number of ether oxygens (including phenoxy) is 1. The highest BCUT2D eigenvalue weighted by Gasteiger charge is 2.22. The van der Waals surface area contributed by atoms with Crippen molar-refractivity contribution in [2.24, 2.45) is 5.73 Å². The van der Waals surface area contributed by atoms with Crippen molar-refractivity contribution in [1.29, 1.82) is 0 Å². The topological polar surface area (TPSA) is 84.7 Å². The number of nitrogens with zero attached hydrogens (tertiary/aromatic N) is 1. The number of nitrogens with two attached hydrogens (primary N) is 1. The first-order chi connectivity index (χ1) is 9.79. The zero-order valence-corrected chi connectivity index (χ0v) is 13.5. The molecular weight excluding hydrogens is 270 g/mol. The molecule has 0 aliphatic carbocycles. The Bertz CT molecular complexity index is 347. The quantitative estimate of drug-likeness (QED) is 0.555. The first kappa shape index (κ1) is 17.9. The van der Waals surface area contributed by atoms with E-state index in [9.17, 15) is 9.59 Å². The molecule has 1 rings (SSSR count). The van der Waals surface area contributed by atoms with Crippen LogP contribution in [0.25, 0.3) is 0 Å².